The molecule has 0 amide bonds. The van der Waals surface area contributed by atoms with Gasteiger partial charge in [0, 0.05) is 12.3 Å². The summed E-state index contributed by atoms with van der Waals surface area (Å²) in [5, 5.41) is 2.56. The molecule has 15 heavy (non-hydrogen) atoms. The van der Waals surface area contributed by atoms with Crippen molar-refractivity contribution in [3.8, 4) is 0 Å². The highest BCUT2D eigenvalue weighted by molar-refractivity contribution is 8.00. The molecular weight excluding hydrogens is 223 g/mol. The Morgan fingerprint density at radius 2 is 1.87 bits per heavy atom. The standard InChI is InChI=1S/C10H10F3NS/c11-10(12,13)9(14-6-7-15-9)8-4-2-1-3-5-8/h1-5,14H,6-7H2. The van der Waals surface area contributed by atoms with E-state index in [0.29, 0.717) is 12.3 Å². The highest BCUT2D eigenvalue weighted by atomic mass is 32.2. The summed E-state index contributed by atoms with van der Waals surface area (Å²) in [7, 11) is 0. The zero-order valence-electron chi connectivity index (χ0n) is 7.84. The summed E-state index contributed by atoms with van der Waals surface area (Å²) in [6.45, 7) is 0.388. The van der Waals surface area contributed by atoms with Crippen molar-refractivity contribution in [1.29, 1.82) is 0 Å². The Kier molecular flexibility index (Phi) is 2.68. The van der Waals surface area contributed by atoms with Crippen LogP contribution in [0.1, 0.15) is 5.56 Å². The minimum absolute atomic E-state index is 0.278. The maximum Gasteiger partial charge on any atom is 0.420 e. The molecule has 0 aromatic heterocycles. The SMILES string of the molecule is FC(F)(F)C1(c2ccccc2)NCCS1. The van der Waals surface area contributed by atoms with Gasteiger partial charge in [-0.25, -0.2) is 0 Å². The maximum atomic E-state index is 13.0. The molecule has 0 spiro atoms. The zero-order valence-corrected chi connectivity index (χ0v) is 8.66. The molecule has 1 unspecified atom stereocenters. The first-order valence-electron chi connectivity index (χ1n) is 4.57. The van der Waals surface area contributed by atoms with Crippen LogP contribution in [0.3, 0.4) is 0 Å². The number of benzene rings is 1. The third-order valence-electron chi connectivity index (χ3n) is 2.37. The number of thioether (sulfide) groups is 1. The van der Waals surface area contributed by atoms with Crippen LogP contribution in [0.25, 0.3) is 0 Å². The minimum Gasteiger partial charge on any atom is -0.291 e. The topological polar surface area (TPSA) is 12.0 Å². The van der Waals surface area contributed by atoms with E-state index in [1.54, 1.807) is 18.2 Å². The Morgan fingerprint density at radius 1 is 1.20 bits per heavy atom. The molecule has 0 aliphatic carbocycles. The van der Waals surface area contributed by atoms with Crippen LogP contribution in [0.2, 0.25) is 0 Å². The molecule has 1 aliphatic heterocycles. The first-order chi connectivity index (χ1) is 7.06. The molecule has 1 N–H and O–H groups in total. The molecule has 5 heteroatoms. The van der Waals surface area contributed by atoms with Crippen LogP contribution >= 0.6 is 11.8 Å². The smallest absolute Gasteiger partial charge is 0.291 e. The van der Waals surface area contributed by atoms with E-state index < -0.39 is 11.0 Å². The van der Waals surface area contributed by atoms with Crippen LogP contribution in [0.5, 0.6) is 0 Å². The number of rotatable bonds is 1. The van der Waals surface area contributed by atoms with Gasteiger partial charge in [0.05, 0.1) is 0 Å². The van der Waals surface area contributed by atoms with E-state index in [1.807, 2.05) is 0 Å². The third-order valence-corrected chi connectivity index (χ3v) is 3.83. The van der Waals surface area contributed by atoms with Crippen LogP contribution in [-0.2, 0) is 4.87 Å². The Labute approximate surface area is 90.1 Å². The fourth-order valence-corrected chi connectivity index (χ4v) is 2.87. The average molecular weight is 233 g/mol. The largest absolute Gasteiger partial charge is 0.420 e. The molecule has 0 bridgehead atoms. The van der Waals surface area contributed by atoms with Crippen LogP contribution in [-0.4, -0.2) is 18.5 Å². The van der Waals surface area contributed by atoms with Crippen LogP contribution in [0.15, 0.2) is 30.3 Å². The van der Waals surface area contributed by atoms with Crippen LogP contribution < -0.4 is 5.32 Å². The van der Waals surface area contributed by atoms with Gasteiger partial charge in [0.2, 0.25) is 0 Å². The number of alkyl halides is 3. The minimum atomic E-state index is -4.27. The Bertz CT molecular complexity index is 330. The van der Waals surface area contributed by atoms with E-state index in [1.165, 1.54) is 12.1 Å². The number of nitrogens with one attached hydrogen (secondary N) is 1. The summed E-state index contributed by atoms with van der Waals surface area (Å²) >= 11 is 0.914. The Balaban J connectivity index is 2.44. The molecule has 1 nitrogen and oxygen atoms in total. The number of halogens is 3. The lowest BCUT2D eigenvalue weighted by Gasteiger charge is -2.31. The van der Waals surface area contributed by atoms with E-state index in [0.717, 1.165) is 11.8 Å². The molecule has 1 saturated heterocycles. The van der Waals surface area contributed by atoms with E-state index in [9.17, 15) is 13.2 Å². The molecule has 2 rings (SSSR count). The van der Waals surface area contributed by atoms with E-state index in [-0.39, 0.29) is 5.56 Å². The summed E-state index contributed by atoms with van der Waals surface area (Å²) in [5.41, 5.74) is 0.278. The van der Waals surface area contributed by atoms with Gasteiger partial charge in [-0.05, 0) is 5.56 Å². The lowest BCUT2D eigenvalue weighted by atomic mass is 10.1. The van der Waals surface area contributed by atoms with Gasteiger partial charge in [-0.3, -0.25) is 5.32 Å². The first kappa shape index (κ1) is 10.8. The first-order valence-corrected chi connectivity index (χ1v) is 5.56. The van der Waals surface area contributed by atoms with Crippen molar-refractivity contribution in [3.05, 3.63) is 35.9 Å². The molecule has 0 saturated carbocycles. The van der Waals surface area contributed by atoms with Crippen molar-refractivity contribution in [1.82, 2.24) is 5.32 Å². The lowest BCUT2D eigenvalue weighted by molar-refractivity contribution is -0.168. The van der Waals surface area contributed by atoms with Gasteiger partial charge in [-0.2, -0.15) is 13.2 Å². The fourth-order valence-electron chi connectivity index (χ4n) is 1.69. The second kappa shape index (κ2) is 3.72. The monoisotopic (exact) mass is 233 g/mol. The van der Waals surface area contributed by atoms with Crippen molar-refractivity contribution in [3.63, 3.8) is 0 Å². The summed E-state index contributed by atoms with van der Waals surface area (Å²) in [6.07, 6.45) is -4.27. The molecule has 1 aromatic rings. The average Bonchev–Trinajstić information content (AvgIpc) is 2.68. The van der Waals surface area contributed by atoms with Gasteiger partial charge < -0.3 is 0 Å². The zero-order chi connectivity index (χ0) is 10.9. The highest BCUT2D eigenvalue weighted by Crippen LogP contribution is 2.49. The molecule has 1 atom stereocenters. The van der Waals surface area contributed by atoms with Gasteiger partial charge in [0.15, 0.2) is 4.87 Å². The normalized spacial score (nSPS) is 26.9. The highest BCUT2D eigenvalue weighted by Gasteiger charge is 2.58. The fraction of sp³-hybridized carbons (Fsp3) is 0.400. The number of hydrogen-bond donors (Lipinski definition) is 1. The summed E-state index contributed by atoms with van der Waals surface area (Å²) in [6, 6.07) is 8.00. The van der Waals surface area contributed by atoms with E-state index in [2.05, 4.69) is 5.32 Å². The second-order valence-corrected chi connectivity index (χ2v) is 4.63. The molecule has 1 aromatic carbocycles. The van der Waals surface area contributed by atoms with Crippen molar-refractivity contribution in [2.24, 2.45) is 0 Å². The second-order valence-electron chi connectivity index (χ2n) is 3.32. The van der Waals surface area contributed by atoms with Gasteiger partial charge in [0.1, 0.15) is 0 Å². The molecule has 0 radical (unpaired) electrons. The van der Waals surface area contributed by atoms with E-state index in [4.69, 9.17) is 0 Å². The van der Waals surface area contributed by atoms with Gasteiger partial charge in [-0.1, -0.05) is 30.3 Å². The van der Waals surface area contributed by atoms with Crippen molar-refractivity contribution < 1.29 is 13.2 Å². The van der Waals surface area contributed by atoms with Gasteiger partial charge in [0.25, 0.3) is 0 Å². The lowest BCUT2D eigenvalue weighted by Crippen LogP contribution is -2.47. The maximum absolute atomic E-state index is 13.0. The predicted molar refractivity (Wildman–Crippen MR) is 54.6 cm³/mol. The van der Waals surface area contributed by atoms with Crippen LogP contribution in [0, 0.1) is 0 Å². The van der Waals surface area contributed by atoms with Gasteiger partial charge >= 0.3 is 6.18 Å². The molecule has 1 aliphatic rings. The quantitative estimate of drug-likeness (QED) is 0.800. The molecule has 1 fully saturated rings. The van der Waals surface area contributed by atoms with Crippen molar-refractivity contribution in [2.75, 3.05) is 12.3 Å². The van der Waals surface area contributed by atoms with Crippen LogP contribution in [0.4, 0.5) is 13.2 Å². The summed E-state index contributed by atoms with van der Waals surface area (Å²) in [5.74, 6) is 0.481. The third kappa shape index (κ3) is 1.74. The predicted octanol–water partition coefficient (Wildman–Crippen LogP) is 2.74. The summed E-state index contributed by atoms with van der Waals surface area (Å²) in [4.78, 5) is -1.91. The number of hydrogen-bond acceptors (Lipinski definition) is 2. The van der Waals surface area contributed by atoms with E-state index >= 15 is 0 Å². The van der Waals surface area contributed by atoms with Gasteiger partial charge in [-0.15, -0.1) is 11.8 Å². The Morgan fingerprint density at radius 3 is 2.33 bits per heavy atom. The Hall–Kier alpha value is -0.680. The summed E-state index contributed by atoms with van der Waals surface area (Å²) < 4.78 is 39.1. The molecule has 1 heterocycles. The molecule has 82 valence electrons. The molecular formula is C10H10F3NS. The van der Waals surface area contributed by atoms with Crippen molar-refractivity contribution >= 4 is 11.8 Å². The van der Waals surface area contributed by atoms with Crippen molar-refractivity contribution in [2.45, 2.75) is 11.0 Å².